The first-order valence-corrected chi connectivity index (χ1v) is 5.05. The second-order valence-electron chi connectivity index (χ2n) is 3.23. The minimum atomic E-state index is 0.0782. The summed E-state index contributed by atoms with van der Waals surface area (Å²) in [7, 11) is 0. The maximum atomic E-state index is 7.49. The lowest BCUT2D eigenvalue weighted by Crippen LogP contribution is -1.92. The van der Waals surface area contributed by atoms with Gasteiger partial charge in [-0.1, -0.05) is 66.2 Å². The molecule has 0 spiro atoms. The second-order valence-corrected chi connectivity index (χ2v) is 3.60. The maximum Gasteiger partial charge on any atom is 0.128 e. The van der Waals surface area contributed by atoms with E-state index in [1.165, 1.54) is 0 Å². The average Bonchev–Trinajstić information content (AvgIpc) is 2.30. The Morgan fingerprint density at radius 1 is 0.867 bits per heavy atom. The molecule has 2 rings (SSSR count). The lowest BCUT2D eigenvalue weighted by Gasteiger charge is -2.06. The first-order valence-electron chi connectivity index (χ1n) is 4.68. The van der Waals surface area contributed by atoms with Gasteiger partial charge >= 0.3 is 0 Å². The zero-order valence-electron chi connectivity index (χ0n) is 8.07. The van der Waals surface area contributed by atoms with Crippen molar-refractivity contribution in [3.05, 3.63) is 60.2 Å². The number of benzene rings is 2. The summed E-state index contributed by atoms with van der Waals surface area (Å²) < 4.78 is 0. The highest BCUT2D eigenvalue weighted by Crippen LogP contribution is 2.24. The molecule has 0 aliphatic carbocycles. The first kappa shape index (κ1) is 9.94. The summed E-state index contributed by atoms with van der Waals surface area (Å²) in [6, 6.07) is 17.6. The zero-order chi connectivity index (χ0) is 10.7. The van der Waals surface area contributed by atoms with E-state index in [4.69, 9.17) is 17.0 Å². The minimum Gasteiger partial charge on any atom is -0.289 e. The fraction of sp³-hybridized carbons (Fsp3) is 0. The van der Waals surface area contributed by atoms with Crippen LogP contribution in [0.2, 0.25) is 0 Å². The van der Waals surface area contributed by atoms with Crippen molar-refractivity contribution in [3.8, 4) is 11.1 Å². The highest BCUT2D eigenvalue weighted by Gasteiger charge is 2.06. The highest BCUT2D eigenvalue weighted by atomic mass is 35.5. The van der Waals surface area contributed by atoms with E-state index < -0.39 is 0 Å². The fourth-order valence-electron chi connectivity index (χ4n) is 1.54. The standard InChI is InChI=1S/C13H10ClN/c14-13(15)12-9-5-4-8-11(12)10-6-2-1-3-7-10/h1-9,15H. The first-order chi connectivity index (χ1) is 7.29. The Hall–Kier alpha value is -1.60. The summed E-state index contributed by atoms with van der Waals surface area (Å²) in [4.78, 5) is 0. The smallest absolute Gasteiger partial charge is 0.128 e. The molecule has 0 saturated heterocycles. The fourth-order valence-corrected chi connectivity index (χ4v) is 1.71. The molecule has 0 heterocycles. The molecule has 0 unspecified atom stereocenters. The van der Waals surface area contributed by atoms with E-state index in [1.54, 1.807) is 0 Å². The Bertz CT molecular complexity index is 477. The molecule has 2 heteroatoms. The van der Waals surface area contributed by atoms with Gasteiger partial charge < -0.3 is 0 Å². The summed E-state index contributed by atoms with van der Waals surface area (Å²) in [5.74, 6) is 0. The Morgan fingerprint density at radius 2 is 1.47 bits per heavy atom. The second kappa shape index (κ2) is 4.28. The Balaban J connectivity index is 2.58. The van der Waals surface area contributed by atoms with Gasteiger partial charge in [-0.2, -0.15) is 0 Å². The van der Waals surface area contributed by atoms with Crippen molar-refractivity contribution >= 4 is 16.8 Å². The number of rotatable bonds is 2. The lowest BCUT2D eigenvalue weighted by atomic mass is 10.0. The van der Waals surface area contributed by atoms with Gasteiger partial charge in [0, 0.05) is 5.56 Å². The van der Waals surface area contributed by atoms with Gasteiger partial charge in [0.2, 0.25) is 0 Å². The summed E-state index contributed by atoms with van der Waals surface area (Å²) in [5, 5.41) is 7.57. The molecule has 1 N–H and O–H groups in total. The summed E-state index contributed by atoms with van der Waals surface area (Å²) in [5.41, 5.74) is 2.85. The molecule has 0 aliphatic rings. The molecule has 0 fully saturated rings. The van der Waals surface area contributed by atoms with Crippen molar-refractivity contribution in [2.45, 2.75) is 0 Å². The van der Waals surface area contributed by atoms with Crippen molar-refractivity contribution in [2.24, 2.45) is 0 Å². The van der Waals surface area contributed by atoms with Crippen LogP contribution >= 0.6 is 11.6 Å². The van der Waals surface area contributed by atoms with Crippen LogP contribution in [0.15, 0.2) is 54.6 Å². The van der Waals surface area contributed by atoms with Gasteiger partial charge in [-0.05, 0) is 11.1 Å². The Kier molecular flexibility index (Phi) is 2.84. The van der Waals surface area contributed by atoms with Crippen LogP contribution in [-0.2, 0) is 0 Å². The Morgan fingerprint density at radius 3 is 2.13 bits per heavy atom. The van der Waals surface area contributed by atoms with Crippen LogP contribution in [0.1, 0.15) is 5.56 Å². The molecule has 0 radical (unpaired) electrons. The quantitative estimate of drug-likeness (QED) is 0.735. The van der Waals surface area contributed by atoms with Crippen LogP contribution in [0.3, 0.4) is 0 Å². The Labute approximate surface area is 93.8 Å². The van der Waals surface area contributed by atoms with E-state index in [-0.39, 0.29) is 5.17 Å². The summed E-state index contributed by atoms with van der Waals surface area (Å²) >= 11 is 5.74. The number of halogens is 1. The van der Waals surface area contributed by atoms with Crippen LogP contribution in [0.25, 0.3) is 11.1 Å². The van der Waals surface area contributed by atoms with Gasteiger partial charge in [0.15, 0.2) is 0 Å². The average molecular weight is 216 g/mol. The van der Waals surface area contributed by atoms with Gasteiger partial charge in [-0.3, -0.25) is 5.41 Å². The van der Waals surface area contributed by atoms with Crippen LogP contribution in [-0.4, -0.2) is 5.17 Å². The minimum absolute atomic E-state index is 0.0782. The molecule has 2 aromatic rings. The van der Waals surface area contributed by atoms with E-state index in [9.17, 15) is 0 Å². The van der Waals surface area contributed by atoms with Gasteiger partial charge in [-0.15, -0.1) is 0 Å². The lowest BCUT2D eigenvalue weighted by molar-refractivity contribution is 1.51. The topological polar surface area (TPSA) is 23.9 Å². The van der Waals surface area contributed by atoms with Crippen LogP contribution in [0, 0.1) is 5.41 Å². The SMILES string of the molecule is N=C(Cl)c1ccccc1-c1ccccc1. The van der Waals surface area contributed by atoms with Crippen molar-refractivity contribution in [2.75, 3.05) is 0 Å². The van der Waals surface area contributed by atoms with Crippen molar-refractivity contribution in [1.82, 2.24) is 0 Å². The van der Waals surface area contributed by atoms with Crippen molar-refractivity contribution < 1.29 is 0 Å². The van der Waals surface area contributed by atoms with Crippen LogP contribution < -0.4 is 0 Å². The molecule has 0 aromatic heterocycles. The van der Waals surface area contributed by atoms with E-state index in [0.29, 0.717) is 0 Å². The number of hydrogen-bond donors (Lipinski definition) is 1. The molecule has 0 amide bonds. The predicted molar refractivity (Wildman–Crippen MR) is 64.6 cm³/mol. The largest absolute Gasteiger partial charge is 0.289 e. The molecule has 0 aliphatic heterocycles. The normalized spacial score (nSPS) is 9.93. The molecule has 15 heavy (non-hydrogen) atoms. The summed E-state index contributed by atoms with van der Waals surface area (Å²) in [6.07, 6.45) is 0. The maximum absolute atomic E-state index is 7.49. The molecule has 1 nitrogen and oxygen atoms in total. The molecular formula is C13H10ClN. The monoisotopic (exact) mass is 215 g/mol. The number of nitrogens with one attached hydrogen (secondary N) is 1. The third kappa shape index (κ3) is 2.08. The molecule has 74 valence electrons. The highest BCUT2D eigenvalue weighted by molar-refractivity contribution is 6.69. The van der Waals surface area contributed by atoms with Gasteiger partial charge in [0.05, 0.1) is 0 Å². The van der Waals surface area contributed by atoms with Gasteiger partial charge in [0.25, 0.3) is 0 Å². The molecule has 0 atom stereocenters. The van der Waals surface area contributed by atoms with E-state index in [1.807, 2.05) is 54.6 Å². The predicted octanol–water partition coefficient (Wildman–Crippen LogP) is 3.92. The van der Waals surface area contributed by atoms with E-state index in [2.05, 4.69) is 0 Å². The third-order valence-corrected chi connectivity index (χ3v) is 2.45. The molecule has 2 aromatic carbocycles. The third-order valence-electron chi connectivity index (χ3n) is 2.25. The molecule has 0 bridgehead atoms. The molecule has 0 saturated carbocycles. The van der Waals surface area contributed by atoms with E-state index in [0.717, 1.165) is 16.7 Å². The van der Waals surface area contributed by atoms with Crippen LogP contribution in [0.4, 0.5) is 0 Å². The van der Waals surface area contributed by atoms with Gasteiger partial charge in [-0.25, -0.2) is 0 Å². The van der Waals surface area contributed by atoms with Crippen LogP contribution in [0.5, 0.6) is 0 Å². The van der Waals surface area contributed by atoms with Crippen molar-refractivity contribution in [3.63, 3.8) is 0 Å². The van der Waals surface area contributed by atoms with E-state index >= 15 is 0 Å². The number of hydrogen-bond acceptors (Lipinski definition) is 1. The van der Waals surface area contributed by atoms with Crippen molar-refractivity contribution in [1.29, 1.82) is 5.41 Å². The van der Waals surface area contributed by atoms with Gasteiger partial charge in [0.1, 0.15) is 5.17 Å². The zero-order valence-corrected chi connectivity index (χ0v) is 8.83. The summed E-state index contributed by atoms with van der Waals surface area (Å²) in [6.45, 7) is 0. The molecular weight excluding hydrogens is 206 g/mol.